The number of hydrogen-bond acceptors (Lipinski definition) is 3. The van der Waals surface area contributed by atoms with Gasteiger partial charge in [0.15, 0.2) is 0 Å². The third kappa shape index (κ3) is 4.18. The molecule has 1 unspecified atom stereocenters. The smallest absolute Gasteiger partial charge is 0.230 e. The monoisotopic (exact) mass is 389 g/mol. The number of halogens is 1. The van der Waals surface area contributed by atoms with Crippen molar-refractivity contribution in [1.29, 1.82) is 0 Å². The van der Waals surface area contributed by atoms with Gasteiger partial charge in [0.25, 0.3) is 0 Å². The van der Waals surface area contributed by atoms with Crippen molar-refractivity contribution in [3.63, 3.8) is 0 Å². The summed E-state index contributed by atoms with van der Waals surface area (Å²) in [5.41, 5.74) is 1.60. The van der Waals surface area contributed by atoms with Crippen LogP contribution in [0.3, 0.4) is 0 Å². The van der Waals surface area contributed by atoms with E-state index in [4.69, 9.17) is 16.3 Å². The second kappa shape index (κ2) is 8.36. The molecule has 1 fully saturated rings. The number of benzene rings is 2. The van der Waals surface area contributed by atoms with E-state index in [2.05, 4.69) is 6.07 Å². The molecule has 1 atom stereocenters. The molecule has 0 aliphatic carbocycles. The van der Waals surface area contributed by atoms with Crippen molar-refractivity contribution >= 4 is 29.3 Å². The highest BCUT2D eigenvalue weighted by Gasteiger charge is 2.39. The molecule has 0 spiro atoms. The van der Waals surface area contributed by atoms with Crippen LogP contribution in [-0.2, 0) is 11.4 Å². The summed E-state index contributed by atoms with van der Waals surface area (Å²) in [7, 11) is 0. The Kier molecular flexibility index (Phi) is 6.15. The predicted octanol–water partition coefficient (Wildman–Crippen LogP) is 5.10. The number of para-hydroxylation sites is 1. The van der Waals surface area contributed by atoms with E-state index in [9.17, 15) is 4.79 Å². The standard InChI is InChI=1S/C21H24ClNO2S/c1-21(2,15-22)20(24)23-12-13-26-19(23)17-10-6-7-11-18(17)25-14-16-8-4-3-5-9-16/h3-11,19H,12-15H2,1-2H3. The quantitative estimate of drug-likeness (QED) is 0.643. The number of carbonyl (C=O) groups is 1. The molecular formula is C21H24ClNO2S. The third-order valence-electron chi connectivity index (χ3n) is 4.49. The van der Waals surface area contributed by atoms with Crippen LogP contribution in [0.1, 0.15) is 30.3 Å². The molecule has 2 aromatic carbocycles. The first-order valence-electron chi connectivity index (χ1n) is 8.77. The van der Waals surface area contributed by atoms with Crippen LogP contribution in [0.2, 0.25) is 0 Å². The molecule has 0 N–H and O–H groups in total. The molecule has 1 amide bonds. The second-order valence-electron chi connectivity index (χ2n) is 7.05. The Hall–Kier alpha value is -1.65. The molecule has 26 heavy (non-hydrogen) atoms. The van der Waals surface area contributed by atoms with Crippen molar-refractivity contribution in [1.82, 2.24) is 4.90 Å². The summed E-state index contributed by atoms with van der Waals surface area (Å²) in [5.74, 6) is 2.16. The molecule has 0 aromatic heterocycles. The molecule has 1 aliphatic heterocycles. The fraction of sp³-hybridized carbons (Fsp3) is 0.381. The number of amides is 1. The van der Waals surface area contributed by atoms with E-state index >= 15 is 0 Å². The van der Waals surface area contributed by atoms with Crippen molar-refractivity contribution in [2.45, 2.75) is 25.8 Å². The largest absolute Gasteiger partial charge is 0.489 e. The highest BCUT2D eigenvalue weighted by molar-refractivity contribution is 7.99. The van der Waals surface area contributed by atoms with E-state index in [0.29, 0.717) is 12.5 Å². The minimum Gasteiger partial charge on any atom is -0.489 e. The molecule has 3 nitrogen and oxygen atoms in total. The lowest BCUT2D eigenvalue weighted by molar-refractivity contribution is -0.139. The molecule has 5 heteroatoms. The maximum Gasteiger partial charge on any atom is 0.230 e. The van der Waals surface area contributed by atoms with Gasteiger partial charge in [-0.25, -0.2) is 0 Å². The Labute approximate surface area is 164 Å². The Morgan fingerprint density at radius 2 is 1.88 bits per heavy atom. The number of rotatable bonds is 6. The van der Waals surface area contributed by atoms with Crippen molar-refractivity contribution in [3.8, 4) is 5.75 Å². The maximum atomic E-state index is 13.0. The fourth-order valence-corrected chi connectivity index (χ4v) is 4.33. The van der Waals surface area contributed by atoms with Gasteiger partial charge < -0.3 is 9.64 Å². The summed E-state index contributed by atoms with van der Waals surface area (Å²) in [6.07, 6.45) is 0. The highest BCUT2D eigenvalue weighted by Crippen LogP contribution is 2.43. The molecule has 0 radical (unpaired) electrons. The summed E-state index contributed by atoms with van der Waals surface area (Å²) in [5, 5.41) is -0.0306. The van der Waals surface area contributed by atoms with Crippen LogP contribution >= 0.6 is 23.4 Å². The third-order valence-corrected chi connectivity index (χ3v) is 6.40. The summed E-state index contributed by atoms with van der Waals surface area (Å²) in [4.78, 5) is 14.9. The molecule has 0 saturated carbocycles. The SMILES string of the molecule is CC(C)(CCl)C(=O)N1CCSC1c1ccccc1OCc1ccccc1. The molecule has 3 rings (SSSR count). The number of hydrogen-bond donors (Lipinski definition) is 0. The molecule has 138 valence electrons. The van der Waals surface area contributed by atoms with E-state index in [0.717, 1.165) is 29.2 Å². The molecule has 1 heterocycles. The normalized spacial score (nSPS) is 17.3. The molecule has 2 aromatic rings. The zero-order chi connectivity index (χ0) is 18.6. The minimum absolute atomic E-state index is 0.0306. The van der Waals surface area contributed by atoms with Crippen LogP contribution in [0, 0.1) is 5.41 Å². The molecule has 1 aliphatic rings. The number of alkyl halides is 1. The lowest BCUT2D eigenvalue weighted by Gasteiger charge is -2.32. The first-order valence-corrected chi connectivity index (χ1v) is 10.4. The van der Waals surface area contributed by atoms with Crippen molar-refractivity contribution in [2.75, 3.05) is 18.2 Å². The van der Waals surface area contributed by atoms with Gasteiger partial charge in [-0.3, -0.25) is 4.79 Å². The first kappa shape index (κ1) is 19.1. The average Bonchev–Trinajstić information content (AvgIpc) is 3.16. The van der Waals surface area contributed by atoms with Gasteiger partial charge in [-0.1, -0.05) is 48.5 Å². The molecule has 1 saturated heterocycles. The van der Waals surface area contributed by atoms with Gasteiger partial charge in [0.1, 0.15) is 17.7 Å². The Morgan fingerprint density at radius 1 is 1.19 bits per heavy atom. The average molecular weight is 390 g/mol. The maximum absolute atomic E-state index is 13.0. The Bertz CT molecular complexity index is 751. The van der Waals surface area contributed by atoms with Gasteiger partial charge in [-0.15, -0.1) is 23.4 Å². The van der Waals surface area contributed by atoms with Gasteiger partial charge in [-0.2, -0.15) is 0 Å². The van der Waals surface area contributed by atoms with Crippen LogP contribution in [0.25, 0.3) is 0 Å². The summed E-state index contributed by atoms with van der Waals surface area (Å²) < 4.78 is 6.10. The van der Waals surface area contributed by atoms with Crippen molar-refractivity contribution < 1.29 is 9.53 Å². The van der Waals surface area contributed by atoms with Gasteiger partial charge in [0.05, 0.1) is 5.41 Å². The van der Waals surface area contributed by atoms with Crippen LogP contribution in [0.15, 0.2) is 54.6 Å². The van der Waals surface area contributed by atoms with E-state index < -0.39 is 5.41 Å². The fourth-order valence-electron chi connectivity index (χ4n) is 2.93. The number of ether oxygens (including phenoxy) is 1. The van der Waals surface area contributed by atoms with Crippen LogP contribution < -0.4 is 4.74 Å². The van der Waals surface area contributed by atoms with Crippen molar-refractivity contribution in [2.24, 2.45) is 5.41 Å². The highest BCUT2D eigenvalue weighted by atomic mass is 35.5. The van der Waals surface area contributed by atoms with Gasteiger partial charge in [-0.05, 0) is 25.5 Å². The number of thioether (sulfide) groups is 1. The first-order chi connectivity index (χ1) is 12.5. The van der Waals surface area contributed by atoms with Crippen molar-refractivity contribution in [3.05, 3.63) is 65.7 Å². The lowest BCUT2D eigenvalue weighted by atomic mass is 9.94. The lowest BCUT2D eigenvalue weighted by Crippen LogP contribution is -2.41. The molecular weight excluding hydrogens is 366 g/mol. The zero-order valence-corrected chi connectivity index (χ0v) is 16.7. The van der Waals surface area contributed by atoms with Gasteiger partial charge in [0, 0.05) is 23.7 Å². The van der Waals surface area contributed by atoms with Gasteiger partial charge >= 0.3 is 0 Å². The summed E-state index contributed by atoms with van der Waals surface area (Å²) >= 11 is 7.81. The molecule has 0 bridgehead atoms. The van der Waals surface area contributed by atoms with Crippen LogP contribution in [0.4, 0.5) is 0 Å². The second-order valence-corrected chi connectivity index (χ2v) is 8.51. The van der Waals surface area contributed by atoms with Crippen LogP contribution in [-0.4, -0.2) is 29.0 Å². The number of nitrogens with zero attached hydrogens (tertiary/aromatic N) is 1. The summed E-state index contributed by atoms with van der Waals surface area (Å²) in [6.45, 7) is 5.05. The topological polar surface area (TPSA) is 29.5 Å². The summed E-state index contributed by atoms with van der Waals surface area (Å²) in [6, 6.07) is 18.1. The van der Waals surface area contributed by atoms with E-state index in [1.807, 2.05) is 67.3 Å². The number of carbonyl (C=O) groups excluding carboxylic acids is 1. The van der Waals surface area contributed by atoms with E-state index in [-0.39, 0.29) is 11.3 Å². The van der Waals surface area contributed by atoms with E-state index in [1.165, 1.54) is 0 Å². The van der Waals surface area contributed by atoms with Crippen LogP contribution in [0.5, 0.6) is 5.75 Å². The predicted molar refractivity (Wildman–Crippen MR) is 109 cm³/mol. The zero-order valence-electron chi connectivity index (χ0n) is 15.2. The van der Waals surface area contributed by atoms with Gasteiger partial charge in [0.2, 0.25) is 5.91 Å². The Morgan fingerprint density at radius 3 is 2.62 bits per heavy atom. The Balaban J connectivity index is 1.81. The minimum atomic E-state index is -0.565. The van der Waals surface area contributed by atoms with E-state index in [1.54, 1.807) is 11.8 Å².